The van der Waals surface area contributed by atoms with Crippen molar-refractivity contribution in [3.05, 3.63) is 0 Å². The molecule has 15 heavy (non-hydrogen) atoms. The fourth-order valence-corrected chi connectivity index (χ4v) is 2.39. The van der Waals surface area contributed by atoms with Gasteiger partial charge in [-0.1, -0.05) is 13.8 Å². The predicted molar refractivity (Wildman–Crippen MR) is 66.9 cm³/mol. The number of hydrogen-bond acceptors (Lipinski definition) is 2. The second-order valence-corrected chi connectivity index (χ2v) is 5.93. The zero-order valence-corrected chi connectivity index (χ0v) is 10.9. The Balaban J connectivity index is 2.44. The summed E-state index contributed by atoms with van der Waals surface area (Å²) >= 11 is 0. The Kier molecular flexibility index (Phi) is 4.60. The van der Waals surface area contributed by atoms with Gasteiger partial charge < -0.3 is 5.73 Å². The summed E-state index contributed by atoms with van der Waals surface area (Å²) in [4.78, 5) is 2.57. The van der Waals surface area contributed by atoms with Crippen LogP contribution in [0.3, 0.4) is 0 Å². The molecule has 1 saturated heterocycles. The van der Waals surface area contributed by atoms with Gasteiger partial charge in [-0.3, -0.25) is 4.90 Å². The van der Waals surface area contributed by atoms with E-state index in [1.54, 1.807) is 0 Å². The third-order valence-electron chi connectivity index (χ3n) is 3.88. The van der Waals surface area contributed by atoms with Gasteiger partial charge in [0.2, 0.25) is 0 Å². The summed E-state index contributed by atoms with van der Waals surface area (Å²) in [5.41, 5.74) is 6.52. The van der Waals surface area contributed by atoms with Crippen molar-refractivity contribution in [1.29, 1.82) is 0 Å². The van der Waals surface area contributed by atoms with E-state index in [4.69, 9.17) is 5.73 Å². The Labute approximate surface area is 95.2 Å². The molecule has 2 N–H and O–H groups in total. The van der Waals surface area contributed by atoms with Crippen LogP contribution in [0.5, 0.6) is 0 Å². The molecule has 0 bridgehead atoms. The van der Waals surface area contributed by atoms with Crippen LogP contribution in [0.4, 0.5) is 0 Å². The monoisotopic (exact) mass is 212 g/mol. The molecule has 1 aliphatic rings. The fourth-order valence-electron chi connectivity index (χ4n) is 2.39. The van der Waals surface area contributed by atoms with Gasteiger partial charge in [-0.2, -0.15) is 0 Å². The number of likely N-dealkylation sites (tertiary alicyclic amines) is 1. The minimum absolute atomic E-state index is 0.186. The van der Waals surface area contributed by atoms with Crippen molar-refractivity contribution in [2.45, 2.75) is 65.0 Å². The Bertz CT molecular complexity index is 181. The molecule has 1 fully saturated rings. The molecule has 0 radical (unpaired) electrons. The van der Waals surface area contributed by atoms with E-state index in [1.165, 1.54) is 32.4 Å². The van der Waals surface area contributed by atoms with Crippen molar-refractivity contribution in [3.8, 4) is 0 Å². The first-order valence-electron chi connectivity index (χ1n) is 6.45. The molecule has 1 atom stereocenters. The van der Waals surface area contributed by atoms with Gasteiger partial charge >= 0.3 is 0 Å². The number of nitrogens with zero attached hydrogens (tertiary/aromatic N) is 1. The van der Waals surface area contributed by atoms with E-state index in [-0.39, 0.29) is 5.54 Å². The molecule has 90 valence electrons. The maximum atomic E-state index is 6.34. The Morgan fingerprint density at radius 2 is 1.67 bits per heavy atom. The summed E-state index contributed by atoms with van der Waals surface area (Å²) in [6.07, 6.45) is 5.10. The van der Waals surface area contributed by atoms with E-state index in [0.29, 0.717) is 6.04 Å². The van der Waals surface area contributed by atoms with Gasteiger partial charge in [-0.25, -0.2) is 0 Å². The summed E-state index contributed by atoms with van der Waals surface area (Å²) in [5, 5.41) is 0. The Morgan fingerprint density at radius 1 is 1.13 bits per heavy atom. The average Bonchev–Trinajstić information content (AvgIpc) is 2.66. The number of rotatable bonds is 5. The largest absolute Gasteiger partial charge is 0.326 e. The summed E-state index contributed by atoms with van der Waals surface area (Å²) in [7, 11) is 0. The second-order valence-electron chi connectivity index (χ2n) is 5.93. The van der Waals surface area contributed by atoms with Crippen molar-refractivity contribution in [2.24, 2.45) is 11.7 Å². The van der Waals surface area contributed by atoms with Crippen LogP contribution >= 0.6 is 0 Å². The lowest BCUT2D eigenvalue weighted by Gasteiger charge is -2.40. The quantitative estimate of drug-likeness (QED) is 0.759. The molecule has 0 aromatic rings. The van der Waals surface area contributed by atoms with Crippen LogP contribution in [-0.4, -0.2) is 29.6 Å². The van der Waals surface area contributed by atoms with Gasteiger partial charge in [-0.15, -0.1) is 0 Å². The molecule has 0 amide bonds. The fraction of sp³-hybridized carbons (Fsp3) is 1.00. The average molecular weight is 212 g/mol. The van der Waals surface area contributed by atoms with Crippen LogP contribution in [0.1, 0.15) is 53.4 Å². The number of hydrogen-bond donors (Lipinski definition) is 1. The molecule has 1 aliphatic heterocycles. The standard InChI is InChI=1S/C13H28N2/c1-11(2)7-8-12(14)13(3,4)15-9-5-6-10-15/h11-12H,5-10,14H2,1-4H3. The molecule has 0 aromatic heterocycles. The molecule has 0 aliphatic carbocycles. The lowest BCUT2D eigenvalue weighted by molar-refractivity contribution is 0.117. The summed E-state index contributed by atoms with van der Waals surface area (Å²) in [6, 6.07) is 0.318. The SMILES string of the molecule is CC(C)CCC(N)C(C)(C)N1CCCC1. The lowest BCUT2D eigenvalue weighted by Crippen LogP contribution is -2.55. The second kappa shape index (κ2) is 5.31. The van der Waals surface area contributed by atoms with Gasteiger partial charge in [-0.05, 0) is 58.5 Å². The normalized spacial score (nSPS) is 21.2. The lowest BCUT2D eigenvalue weighted by atomic mass is 9.88. The summed E-state index contributed by atoms with van der Waals surface area (Å²) in [5.74, 6) is 0.769. The van der Waals surface area contributed by atoms with Crippen molar-refractivity contribution in [1.82, 2.24) is 4.90 Å². The first-order chi connectivity index (χ1) is 6.94. The molecule has 1 unspecified atom stereocenters. The van der Waals surface area contributed by atoms with Crippen LogP contribution in [0.2, 0.25) is 0 Å². The highest BCUT2D eigenvalue weighted by Gasteiger charge is 2.34. The molecule has 1 rings (SSSR count). The van der Waals surface area contributed by atoms with Crippen molar-refractivity contribution < 1.29 is 0 Å². The van der Waals surface area contributed by atoms with E-state index < -0.39 is 0 Å². The molecular formula is C13H28N2. The first kappa shape index (κ1) is 13.0. The van der Waals surface area contributed by atoms with Crippen molar-refractivity contribution in [2.75, 3.05) is 13.1 Å². The highest BCUT2D eigenvalue weighted by molar-refractivity contribution is 4.93. The van der Waals surface area contributed by atoms with Gasteiger partial charge in [0.05, 0.1) is 0 Å². The van der Waals surface area contributed by atoms with Gasteiger partial charge in [0.25, 0.3) is 0 Å². The molecule has 0 spiro atoms. The van der Waals surface area contributed by atoms with Gasteiger partial charge in [0, 0.05) is 11.6 Å². The number of nitrogens with two attached hydrogens (primary N) is 1. The molecule has 0 saturated carbocycles. The smallest absolute Gasteiger partial charge is 0.0304 e. The van der Waals surface area contributed by atoms with Gasteiger partial charge in [0.15, 0.2) is 0 Å². The minimum Gasteiger partial charge on any atom is -0.326 e. The third kappa shape index (κ3) is 3.46. The topological polar surface area (TPSA) is 29.3 Å². The zero-order chi connectivity index (χ0) is 11.5. The Hall–Kier alpha value is -0.0800. The predicted octanol–water partition coefficient (Wildman–Crippen LogP) is 2.62. The summed E-state index contributed by atoms with van der Waals surface area (Å²) in [6.45, 7) is 11.6. The molecule has 2 nitrogen and oxygen atoms in total. The molecule has 1 heterocycles. The van der Waals surface area contributed by atoms with E-state index >= 15 is 0 Å². The molecule has 0 aromatic carbocycles. The Morgan fingerprint density at radius 3 is 2.13 bits per heavy atom. The van der Waals surface area contributed by atoms with Crippen LogP contribution in [-0.2, 0) is 0 Å². The molecular weight excluding hydrogens is 184 g/mol. The zero-order valence-electron chi connectivity index (χ0n) is 10.9. The van der Waals surface area contributed by atoms with Crippen molar-refractivity contribution in [3.63, 3.8) is 0 Å². The van der Waals surface area contributed by atoms with E-state index in [0.717, 1.165) is 12.3 Å². The summed E-state index contributed by atoms with van der Waals surface area (Å²) < 4.78 is 0. The van der Waals surface area contributed by atoms with Crippen LogP contribution in [0.25, 0.3) is 0 Å². The van der Waals surface area contributed by atoms with Crippen LogP contribution < -0.4 is 5.73 Å². The van der Waals surface area contributed by atoms with E-state index in [9.17, 15) is 0 Å². The van der Waals surface area contributed by atoms with Crippen LogP contribution in [0, 0.1) is 5.92 Å². The highest BCUT2D eigenvalue weighted by atomic mass is 15.2. The highest BCUT2D eigenvalue weighted by Crippen LogP contribution is 2.26. The first-order valence-corrected chi connectivity index (χ1v) is 6.45. The maximum absolute atomic E-state index is 6.34. The third-order valence-corrected chi connectivity index (χ3v) is 3.88. The van der Waals surface area contributed by atoms with E-state index in [2.05, 4.69) is 32.6 Å². The maximum Gasteiger partial charge on any atom is 0.0304 e. The minimum atomic E-state index is 0.186. The van der Waals surface area contributed by atoms with E-state index in [1.807, 2.05) is 0 Å². The van der Waals surface area contributed by atoms with Gasteiger partial charge in [0.1, 0.15) is 0 Å². The van der Waals surface area contributed by atoms with Crippen molar-refractivity contribution >= 4 is 0 Å². The molecule has 2 heteroatoms. The van der Waals surface area contributed by atoms with Crippen LogP contribution in [0.15, 0.2) is 0 Å².